The maximum atomic E-state index is 13.8. The molecule has 0 bridgehead atoms. The van der Waals surface area contributed by atoms with E-state index >= 15 is 0 Å². The van der Waals surface area contributed by atoms with E-state index in [1.807, 2.05) is 0 Å². The van der Waals surface area contributed by atoms with Gasteiger partial charge in [-0.1, -0.05) is 46.8 Å². The number of ether oxygens (including phenoxy) is 1. The summed E-state index contributed by atoms with van der Waals surface area (Å²) in [6.07, 6.45) is 0. The van der Waals surface area contributed by atoms with Gasteiger partial charge in [0.2, 0.25) is 17.7 Å². The first-order chi connectivity index (χ1) is 18.3. The van der Waals surface area contributed by atoms with Gasteiger partial charge in [0, 0.05) is 28.9 Å². The molecule has 6 rings (SSSR count). The zero-order valence-corrected chi connectivity index (χ0v) is 22.2. The second-order valence-corrected chi connectivity index (χ2v) is 11.8. The zero-order valence-electron chi connectivity index (χ0n) is 19.8. The summed E-state index contributed by atoms with van der Waals surface area (Å²) in [5.41, 5.74) is 1.02. The van der Waals surface area contributed by atoms with Crippen LogP contribution in [0.1, 0.15) is 16.4 Å². The number of aromatic nitrogens is 1. The number of hydrogen-bond donors (Lipinski definition) is 0. The summed E-state index contributed by atoms with van der Waals surface area (Å²) in [7, 11) is 0. The van der Waals surface area contributed by atoms with Crippen LogP contribution in [0.2, 0.25) is 5.02 Å². The molecule has 8 nitrogen and oxygen atoms in total. The molecule has 2 saturated heterocycles. The van der Waals surface area contributed by atoms with Crippen molar-refractivity contribution in [2.75, 3.05) is 31.2 Å². The average Bonchev–Trinajstić information content (AvgIpc) is 3.36. The minimum atomic E-state index is -0.820. The second-order valence-electron chi connectivity index (χ2n) is 9.20. The van der Waals surface area contributed by atoms with Crippen LogP contribution in [0.25, 0.3) is 0 Å². The smallest absolute Gasteiger partial charge is 0.308 e. The molecule has 3 aliphatic rings. The minimum Gasteiger partial charge on any atom is -0.378 e. The molecule has 3 amide bonds. The molecule has 0 unspecified atom stereocenters. The van der Waals surface area contributed by atoms with Gasteiger partial charge in [0.15, 0.2) is 0 Å². The van der Waals surface area contributed by atoms with Gasteiger partial charge in [-0.05, 0) is 42.0 Å². The van der Waals surface area contributed by atoms with Crippen molar-refractivity contribution in [3.05, 3.63) is 79.5 Å². The Morgan fingerprint density at radius 3 is 2.37 bits per heavy atom. The SMILES string of the molecule is O=C(Cn1c2c(sc1=O)[C@@H](c1ccc(F)cc1)[C@H]1C(=O)N(c3ccc(Cl)cc3)C(=O)[C@H]1S2)N1CCOCC1. The van der Waals surface area contributed by atoms with Crippen molar-refractivity contribution in [1.82, 2.24) is 9.47 Å². The molecule has 3 aliphatic heterocycles. The molecule has 0 saturated carbocycles. The lowest BCUT2D eigenvalue weighted by atomic mass is 9.83. The van der Waals surface area contributed by atoms with Gasteiger partial charge in [0.1, 0.15) is 17.6 Å². The number of nitrogens with zero attached hydrogens (tertiary/aromatic N) is 3. The molecular formula is C26H21ClFN3O5S2. The molecule has 4 heterocycles. The lowest BCUT2D eigenvalue weighted by molar-refractivity contribution is -0.136. The van der Waals surface area contributed by atoms with Gasteiger partial charge >= 0.3 is 4.87 Å². The molecule has 0 radical (unpaired) electrons. The number of morpholine rings is 1. The summed E-state index contributed by atoms with van der Waals surface area (Å²) in [4.78, 5) is 56.8. The zero-order chi connectivity index (χ0) is 26.6. The molecule has 0 spiro atoms. The number of rotatable bonds is 4. The van der Waals surface area contributed by atoms with Crippen molar-refractivity contribution in [3.8, 4) is 0 Å². The highest BCUT2D eigenvalue weighted by Gasteiger charge is 2.56. The Morgan fingerprint density at radius 1 is 1.00 bits per heavy atom. The van der Waals surface area contributed by atoms with Crippen LogP contribution in [0.4, 0.5) is 10.1 Å². The van der Waals surface area contributed by atoms with Gasteiger partial charge in [-0.2, -0.15) is 0 Å². The van der Waals surface area contributed by atoms with Crippen LogP contribution in [0.15, 0.2) is 58.4 Å². The van der Waals surface area contributed by atoms with Gasteiger partial charge in [0.25, 0.3) is 0 Å². The van der Waals surface area contributed by atoms with Crippen LogP contribution in [0.3, 0.4) is 0 Å². The number of halogens is 2. The van der Waals surface area contributed by atoms with E-state index in [4.69, 9.17) is 16.3 Å². The fraction of sp³-hybridized carbons (Fsp3) is 0.308. The van der Waals surface area contributed by atoms with Crippen LogP contribution >= 0.6 is 34.7 Å². The Kier molecular flexibility index (Phi) is 6.63. The monoisotopic (exact) mass is 573 g/mol. The predicted octanol–water partition coefficient (Wildman–Crippen LogP) is 3.36. The summed E-state index contributed by atoms with van der Waals surface area (Å²) >= 11 is 8.12. The molecule has 2 fully saturated rings. The maximum absolute atomic E-state index is 13.8. The van der Waals surface area contributed by atoms with Gasteiger partial charge in [-0.3, -0.25) is 23.7 Å². The van der Waals surface area contributed by atoms with E-state index in [0.717, 1.165) is 28.0 Å². The number of carbonyl (C=O) groups is 3. The predicted molar refractivity (Wildman–Crippen MR) is 141 cm³/mol. The fourth-order valence-corrected chi connectivity index (χ4v) is 8.08. The molecule has 38 heavy (non-hydrogen) atoms. The number of amides is 3. The summed E-state index contributed by atoms with van der Waals surface area (Å²) in [5, 5.41) is 0.149. The molecule has 2 aromatic carbocycles. The number of imide groups is 1. The van der Waals surface area contributed by atoms with Gasteiger partial charge in [-0.15, -0.1) is 0 Å². The largest absolute Gasteiger partial charge is 0.378 e. The molecule has 3 atom stereocenters. The van der Waals surface area contributed by atoms with Crippen LogP contribution in [0, 0.1) is 11.7 Å². The number of fused-ring (bicyclic) bond motifs is 2. The third-order valence-electron chi connectivity index (χ3n) is 7.02. The van der Waals surface area contributed by atoms with Gasteiger partial charge < -0.3 is 9.64 Å². The molecular weight excluding hydrogens is 553 g/mol. The highest BCUT2D eigenvalue weighted by atomic mass is 35.5. The Labute approximate surface area is 229 Å². The third kappa shape index (κ3) is 4.27. The Morgan fingerprint density at radius 2 is 1.68 bits per heavy atom. The van der Waals surface area contributed by atoms with Gasteiger partial charge in [-0.25, -0.2) is 9.29 Å². The first-order valence-corrected chi connectivity index (χ1v) is 14.1. The highest BCUT2D eigenvalue weighted by Crippen LogP contribution is 2.53. The Bertz CT molecular complexity index is 1480. The topological polar surface area (TPSA) is 88.9 Å². The van der Waals surface area contributed by atoms with Crippen molar-refractivity contribution in [2.24, 2.45) is 5.92 Å². The average molecular weight is 574 g/mol. The van der Waals surface area contributed by atoms with Crippen molar-refractivity contribution >= 4 is 58.1 Å². The number of carbonyl (C=O) groups excluding carboxylic acids is 3. The summed E-state index contributed by atoms with van der Waals surface area (Å²) in [6.45, 7) is 1.58. The first kappa shape index (κ1) is 25.3. The summed E-state index contributed by atoms with van der Waals surface area (Å²) < 4.78 is 20.5. The lowest BCUT2D eigenvalue weighted by Gasteiger charge is -2.31. The first-order valence-electron chi connectivity index (χ1n) is 12.0. The molecule has 0 aliphatic carbocycles. The molecule has 196 valence electrons. The Hall–Kier alpha value is -2.99. The fourth-order valence-electron chi connectivity index (χ4n) is 5.18. The van der Waals surface area contributed by atoms with E-state index < -0.39 is 34.7 Å². The van der Waals surface area contributed by atoms with E-state index in [1.54, 1.807) is 41.3 Å². The molecule has 1 aromatic heterocycles. The normalized spacial score (nSPS) is 22.9. The third-order valence-corrected chi connectivity index (χ3v) is 9.88. The highest BCUT2D eigenvalue weighted by molar-refractivity contribution is 8.00. The van der Waals surface area contributed by atoms with Crippen LogP contribution in [-0.4, -0.2) is 58.7 Å². The number of anilines is 1. The van der Waals surface area contributed by atoms with E-state index in [9.17, 15) is 23.6 Å². The number of hydrogen-bond acceptors (Lipinski definition) is 7. The number of benzene rings is 2. The minimum absolute atomic E-state index is 0.172. The van der Waals surface area contributed by atoms with Crippen molar-refractivity contribution in [1.29, 1.82) is 0 Å². The van der Waals surface area contributed by atoms with Gasteiger partial charge in [0.05, 0.1) is 29.8 Å². The molecule has 12 heteroatoms. The summed E-state index contributed by atoms with van der Waals surface area (Å²) in [5.74, 6) is -2.91. The van der Waals surface area contributed by atoms with Crippen molar-refractivity contribution < 1.29 is 23.5 Å². The lowest BCUT2D eigenvalue weighted by Crippen LogP contribution is -2.43. The summed E-state index contributed by atoms with van der Waals surface area (Å²) in [6, 6.07) is 12.2. The maximum Gasteiger partial charge on any atom is 0.308 e. The quantitative estimate of drug-likeness (QED) is 0.445. The molecule has 3 aromatic rings. The number of thiazole rings is 1. The van der Waals surface area contributed by atoms with Crippen LogP contribution < -0.4 is 9.77 Å². The van der Waals surface area contributed by atoms with E-state index in [2.05, 4.69) is 0 Å². The second kappa shape index (κ2) is 9.96. The molecule has 0 N–H and O–H groups in total. The van der Waals surface area contributed by atoms with E-state index in [-0.39, 0.29) is 17.3 Å². The Balaban J connectivity index is 1.43. The van der Waals surface area contributed by atoms with E-state index in [0.29, 0.717) is 52.5 Å². The standard InChI is InChI=1S/C26H21ClFN3O5S2/c27-15-3-7-17(8-4-15)31-23(33)20-19(14-1-5-16(28)6-2-14)22-25(37-21(20)24(31)34)30(26(35)38-22)13-18(32)29-9-11-36-12-10-29/h1-8,19-21H,9-13H2/t19-,20+,21-/m0/s1. The van der Waals surface area contributed by atoms with Crippen molar-refractivity contribution in [2.45, 2.75) is 22.7 Å². The van der Waals surface area contributed by atoms with E-state index in [1.165, 1.54) is 16.7 Å². The van der Waals surface area contributed by atoms with Crippen LogP contribution in [-0.2, 0) is 25.7 Å². The van der Waals surface area contributed by atoms with Crippen molar-refractivity contribution in [3.63, 3.8) is 0 Å². The number of thioether (sulfide) groups is 1. The van der Waals surface area contributed by atoms with Crippen LogP contribution in [0.5, 0.6) is 0 Å².